The van der Waals surface area contributed by atoms with Crippen LogP contribution in [0.15, 0.2) is 77.7 Å². The standard InChI is InChI=1S/C26H25FN4O3S2/c1-29(18-19-5-3-2-4-6-19)36(33,34)22-10-7-20(8-11-22)25(32)30-13-15-31(16-14-30)26-28-23-12-9-21(27)17-24(23)35-26/h2-12,17H,13-16,18H2,1H3. The topological polar surface area (TPSA) is 73.8 Å². The van der Waals surface area contributed by atoms with E-state index in [1.807, 2.05) is 30.3 Å². The lowest BCUT2D eigenvalue weighted by Crippen LogP contribution is -2.48. The number of anilines is 1. The summed E-state index contributed by atoms with van der Waals surface area (Å²) in [6, 6.07) is 20.1. The largest absolute Gasteiger partial charge is 0.345 e. The van der Waals surface area contributed by atoms with Crippen molar-refractivity contribution in [2.24, 2.45) is 0 Å². The molecule has 1 aliphatic heterocycles. The van der Waals surface area contributed by atoms with Crippen LogP contribution in [0.2, 0.25) is 0 Å². The molecule has 36 heavy (non-hydrogen) atoms. The number of hydrogen-bond donors (Lipinski definition) is 0. The van der Waals surface area contributed by atoms with Gasteiger partial charge in [-0.2, -0.15) is 4.31 Å². The van der Waals surface area contributed by atoms with Gasteiger partial charge in [0.15, 0.2) is 5.13 Å². The molecular formula is C26H25FN4O3S2. The number of sulfonamides is 1. The Morgan fingerprint density at radius 3 is 2.39 bits per heavy atom. The van der Waals surface area contributed by atoms with Gasteiger partial charge in [-0.1, -0.05) is 41.7 Å². The lowest BCUT2D eigenvalue weighted by molar-refractivity contribution is 0.0746. The number of hydrogen-bond acceptors (Lipinski definition) is 6. The van der Waals surface area contributed by atoms with Crippen molar-refractivity contribution in [1.82, 2.24) is 14.2 Å². The van der Waals surface area contributed by atoms with E-state index in [0.29, 0.717) is 31.7 Å². The molecule has 1 saturated heterocycles. The van der Waals surface area contributed by atoms with Crippen LogP contribution in [0.1, 0.15) is 15.9 Å². The molecule has 5 rings (SSSR count). The van der Waals surface area contributed by atoms with Crippen LogP contribution < -0.4 is 4.90 Å². The molecule has 3 aromatic carbocycles. The SMILES string of the molecule is CN(Cc1ccccc1)S(=O)(=O)c1ccc(C(=O)N2CCN(c3nc4ccc(F)cc4s3)CC2)cc1. The second-order valence-electron chi connectivity index (χ2n) is 8.66. The maximum atomic E-state index is 13.5. The van der Waals surface area contributed by atoms with Crippen molar-refractivity contribution in [3.05, 3.63) is 89.7 Å². The quantitative estimate of drug-likeness (QED) is 0.378. The highest BCUT2D eigenvalue weighted by atomic mass is 32.2. The predicted octanol–water partition coefficient (Wildman–Crippen LogP) is 4.22. The summed E-state index contributed by atoms with van der Waals surface area (Å²) in [5.74, 6) is -0.419. The third-order valence-corrected chi connectivity index (χ3v) is 9.13. The predicted molar refractivity (Wildman–Crippen MR) is 139 cm³/mol. The first kappa shape index (κ1) is 24.4. The van der Waals surface area contributed by atoms with Gasteiger partial charge in [0.1, 0.15) is 5.82 Å². The van der Waals surface area contributed by atoms with Crippen molar-refractivity contribution in [2.75, 3.05) is 38.1 Å². The van der Waals surface area contributed by atoms with Gasteiger partial charge in [-0.15, -0.1) is 0 Å². The maximum absolute atomic E-state index is 13.5. The summed E-state index contributed by atoms with van der Waals surface area (Å²) < 4.78 is 41.5. The number of carbonyl (C=O) groups is 1. The van der Waals surface area contributed by atoms with Crippen molar-refractivity contribution in [2.45, 2.75) is 11.4 Å². The van der Waals surface area contributed by atoms with Crippen molar-refractivity contribution in [1.29, 1.82) is 0 Å². The molecule has 2 heterocycles. The van der Waals surface area contributed by atoms with Crippen molar-refractivity contribution >= 4 is 42.6 Å². The molecule has 10 heteroatoms. The molecule has 7 nitrogen and oxygen atoms in total. The summed E-state index contributed by atoms with van der Waals surface area (Å²) in [4.78, 5) is 21.7. The molecule has 0 bridgehead atoms. The average molecular weight is 525 g/mol. The fourth-order valence-electron chi connectivity index (χ4n) is 4.18. The second kappa shape index (κ2) is 9.96. The van der Waals surface area contributed by atoms with Gasteiger partial charge in [0.2, 0.25) is 10.0 Å². The molecule has 0 atom stereocenters. The summed E-state index contributed by atoms with van der Waals surface area (Å²) in [6.07, 6.45) is 0. The van der Waals surface area contributed by atoms with Crippen LogP contribution >= 0.6 is 11.3 Å². The van der Waals surface area contributed by atoms with Crippen LogP contribution in [-0.4, -0.2) is 61.7 Å². The van der Waals surface area contributed by atoms with Crippen LogP contribution in [0, 0.1) is 5.82 Å². The number of thiazole rings is 1. The number of amides is 1. The fraction of sp³-hybridized carbons (Fsp3) is 0.231. The number of nitrogens with zero attached hydrogens (tertiary/aromatic N) is 4. The van der Waals surface area contributed by atoms with E-state index in [-0.39, 0.29) is 23.2 Å². The van der Waals surface area contributed by atoms with Crippen LogP contribution in [-0.2, 0) is 16.6 Å². The van der Waals surface area contributed by atoms with Gasteiger partial charge >= 0.3 is 0 Å². The second-order valence-corrected chi connectivity index (χ2v) is 11.7. The molecule has 1 fully saturated rings. The number of benzene rings is 3. The summed E-state index contributed by atoms with van der Waals surface area (Å²) in [5, 5.41) is 0.817. The highest BCUT2D eigenvalue weighted by Crippen LogP contribution is 2.30. The Morgan fingerprint density at radius 1 is 1.00 bits per heavy atom. The Kier molecular flexibility index (Phi) is 6.74. The van der Waals surface area contributed by atoms with Gasteiger partial charge in [0, 0.05) is 45.3 Å². The van der Waals surface area contributed by atoms with Crippen LogP contribution in [0.5, 0.6) is 0 Å². The van der Waals surface area contributed by atoms with E-state index in [1.165, 1.54) is 39.9 Å². The fourth-order valence-corrected chi connectivity index (χ4v) is 6.38. The number of rotatable bonds is 6. The van der Waals surface area contributed by atoms with E-state index in [0.717, 1.165) is 20.9 Å². The lowest BCUT2D eigenvalue weighted by Gasteiger charge is -2.34. The molecule has 186 valence electrons. The first-order chi connectivity index (χ1) is 17.3. The van der Waals surface area contributed by atoms with Crippen LogP contribution in [0.25, 0.3) is 10.2 Å². The van der Waals surface area contributed by atoms with Crippen molar-refractivity contribution in [3.8, 4) is 0 Å². The van der Waals surface area contributed by atoms with Gasteiger partial charge in [0.05, 0.1) is 15.1 Å². The summed E-state index contributed by atoms with van der Waals surface area (Å²) in [5.41, 5.74) is 2.11. The molecule has 0 saturated carbocycles. The van der Waals surface area contributed by atoms with Gasteiger partial charge in [-0.3, -0.25) is 4.79 Å². The van der Waals surface area contributed by atoms with E-state index in [2.05, 4.69) is 9.88 Å². The summed E-state index contributed by atoms with van der Waals surface area (Å²) >= 11 is 1.44. The van der Waals surface area contributed by atoms with Crippen molar-refractivity contribution < 1.29 is 17.6 Å². The minimum atomic E-state index is -3.68. The minimum Gasteiger partial charge on any atom is -0.345 e. The Balaban J connectivity index is 1.22. The van der Waals surface area contributed by atoms with Crippen molar-refractivity contribution in [3.63, 3.8) is 0 Å². The Bertz CT molecular complexity index is 1480. The van der Waals surface area contributed by atoms with E-state index in [1.54, 1.807) is 30.1 Å². The van der Waals surface area contributed by atoms with Gasteiger partial charge in [0.25, 0.3) is 5.91 Å². The zero-order valence-corrected chi connectivity index (χ0v) is 21.3. The van der Waals surface area contributed by atoms with Crippen LogP contribution in [0.3, 0.4) is 0 Å². The molecule has 0 radical (unpaired) electrons. The summed E-state index contributed by atoms with van der Waals surface area (Å²) in [7, 11) is -2.14. The molecule has 0 N–H and O–H groups in total. The molecular weight excluding hydrogens is 499 g/mol. The normalized spacial score (nSPS) is 14.5. The molecule has 1 aromatic heterocycles. The third-order valence-electron chi connectivity index (χ3n) is 6.23. The minimum absolute atomic E-state index is 0.136. The number of carbonyl (C=O) groups excluding carboxylic acids is 1. The Morgan fingerprint density at radius 2 is 1.69 bits per heavy atom. The first-order valence-electron chi connectivity index (χ1n) is 11.5. The van der Waals surface area contributed by atoms with Gasteiger partial charge < -0.3 is 9.80 Å². The highest BCUT2D eigenvalue weighted by molar-refractivity contribution is 7.89. The highest BCUT2D eigenvalue weighted by Gasteiger charge is 2.25. The lowest BCUT2D eigenvalue weighted by atomic mass is 10.2. The van der Waals surface area contributed by atoms with E-state index in [4.69, 9.17) is 0 Å². The van der Waals surface area contributed by atoms with E-state index < -0.39 is 10.0 Å². The Hall–Kier alpha value is -3.34. The van der Waals surface area contributed by atoms with E-state index >= 15 is 0 Å². The average Bonchev–Trinajstić information content (AvgIpc) is 3.32. The summed E-state index contributed by atoms with van der Waals surface area (Å²) in [6.45, 7) is 2.53. The zero-order valence-electron chi connectivity index (χ0n) is 19.7. The first-order valence-corrected chi connectivity index (χ1v) is 13.8. The zero-order chi connectivity index (χ0) is 25.3. The smallest absolute Gasteiger partial charge is 0.253 e. The number of fused-ring (bicyclic) bond motifs is 1. The molecule has 4 aromatic rings. The number of piperazine rings is 1. The number of aromatic nitrogens is 1. The van der Waals surface area contributed by atoms with Crippen LogP contribution in [0.4, 0.5) is 9.52 Å². The van der Waals surface area contributed by atoms with E-state index in [9.17, 15) is 17.6 Å². The van der Waals surface area contributed by atoms with Gasteiger partial charge in [-0.25, -0.2) is 17.8 Å². The van der Waals surface area contributed by atoms with Gasteiger partial charge in [-0.05, 0) is 48.0 Å². The molecule has 0 aliphatic carbocycles. The number of halogens is 1. The third kappa shape index (κ3) is 4.97. The molecule has 0 unspecified atom stereocenters. The monoisotopic (exact) mass is 524 g/mol. The molecule has 0 spiro atoms. The Labute approximate surface area is 213 Å². The molecule has 1 amide bonds. The molecule has 1 aliphatic rings. The maximum Gasteiger partial charge on any atom is 0.253 e.